The molecule has 0 amide bonds. The summed E-state index contributed by atoms with van der Waals surface area (Å²) in [5, 5.41) is 8.56. The molecule has 23 heavy (non-hydrogen) atoms. The first kappa shape index (κ1) is 20.2. The minimum Gasteiger partial charge on any atom is -0.481 e. The molecule has 0 aromatic carbocycles. The Bertz CT molecular complexity index is 325. The quantitative estimate of drug-likeness (QED) is 0.219. The minimum absolute atomic E-state index is 0.315. The Morgan fingerprint density at radius 1 is 0.870 bits per heavy atom. The van der Waals surface area contributed by atoms with Crippen LogP contribution in [-0.4, -0.2) is 23.3 Å². The number of unbranched alkanes of at least 4 members (excludes halogenated alkanes) is 8. The molecule has 3 nitrogen and oxygen atoms in total. The number of rotatable bonds is 16. The summed E-state index contributed by atoms with van der Waals surface area (Å²) < 4.78 is 5.72. The second kappa shape index (κ2) is 13.6. The van der Waals surface area contributed by atoms with Crippen LogP contribution in [0.2, 0.25) is 0 Å². The molecule has 1 fully saturated rings. The molecule has 0 saturated carbocycles. The number of aliphatic carboxylic acids is 1. The van der Waals surface area contributed by atoms with Gasteiger partial charge in [0.25, 0.3) is 0 Å². The first-order valence-corrected chi connectivity index (χ1v) is 9.76. The van der Waals surface area contributed by atoms with Crippen LogP contribution in [0.15, 0.2) is 12.2 Å². The monoisotopic (exact) mass is 324 g/mol. The van der Waals surface area contributed by atoms with Gasteiger partial charge in [0, 0.05) is 6.42 Å². The molecule has 1 rings (SSSR count). The molecule has 0 aromatic heterocycles. The van der Waals surface area contributed by atoms with Crippen molar-refractivity contribution in [2.45, 2.75) is 109 Å². The second-order valence-electron chi connectivity index (χ2n) is 6.81. The smallest absolute Gasteiger partial charge is 0.303 e. The number of hydrogen-bond acceptors (Lipinski definition) is 2. The largest absolute Gasteiger partial charge is 0.481 e. The van der Waals surface area contributed by atoms with E-state index in [-0.39, 0.29) is 0 Å². The zero-order valence-corrected chi connectivity index (χ0v) is 15.0. The molecule has 0 radical (unpaired) electrons. The maximum Gasteiger partial charge on any atom is 0.303 e. The number of allylic oxidation sites excluding steroid dienone is 2. The van der Waals surface area contributed by atoms with E-state index in [1.165, 1.54) is 57.8 Å². The molecule has 0 aliphatic carbocycles. The van der Waals surface area contributed by atoms with Crippen LogP contribution in [0.5, 0.6) is 0 Å². The van der Waals surface area contributed by atoms with Crippen molar-refractivity contribution in [1.82, 2.24) is 0 Å². The van der Waals surface area contributed by atoms with Crippen molar-refractivity contribution in [1.29, 1.82) is 0 Å². The van der Waals surface area contributed by atoms with E-state index in [9.17, 15) is 4.79 Å². The van der Waals surface area contributed by atoms with Crippen LogP contribution in [0.4, 0.5) is 0 Å². The molecule has 1 aliphatic heterocycles. The predicted molar refractivity (Wildman–Crippen MR) is 95.7 cm³/mol. The lowest BCUT2D eigenvalue weighted by Crippen LogP contribution is -1.96. The van der Waals surface area contributed by atoms with Gasteiger partial charge in [0.05, 0.1) is 12.2 Å². The minimum atomic E-state index is -0.675. The number of hydrogen-bond donors (Lipinski definition) is 1. The maximum atomic E-state index is 10.4. The predicted octanol–water partition coefficient (Wildman–Crippen LogP) is 5.88. The summed E-state index contributed by atoms with van der Waals surface area (Å²) in [4.78, 5) is 10.4. The van der Waals surface area contributed by atoms with Crippen LogP contribution in [-0.2, 0) is 9.53 Å². The Balaban J connectivity index is 1.80. The molecular formula is C20H36O3. The van der Waals surface area contributed by atoms with Gasteiger partial charge in [-0.05, 0) is 44.9 Å². The Hall–Kier alpha value is -0.830. The topological polar surface area (TPSA) is 49.8 Å². The molecule has 3 heteroatoms. The van der Waals surface area contributed by atoms with Crippen molar-refractivity contribution in [2.24, 2.45) is 0 Å². The van der Waals surface area contributed by atoms with Gasteiger partial charge in [-0.3, -0.25) is 4.79 Å². The number of carboxylic acid groups (broad SMARTS) is 1. The molecule has 2 unspecified atom stereocenters. The lowest BCUT2D eigenvalue weighted by Gasteiger charge is -1.98. The van der Waals surface area contributed by atoms with Crippen LogP contribution in [0.1, 0.15) is 96.8 Å². The van der Waals surface area contributed by atoms with Gasteiger partial charge in [-0.25, -0.2) is 0 Å². The Morgan fingerprint density at radius 3 is 2.04 bits per heavy atom. The van der Waals surface area contributed by atoms with E-state index < -0.39 is 5.97 Å². The number of epoxide rings is 1. The van der Waals surface area contributed by atoms with Crippen LogP contribution < -0.4 is 0 Å². The molecular weight excluding hydrogens is 288 g/mol. The summed E-state index contributed by atoms with van der Waals surface area (Å²) in [6, 6.07) is 0. The lowest BCUT2D eigenvalue weighted by atomic mass is 10.0. The van der Waals surface area contributed by atoms with Gasteiger partial charge in [-0.2, -0.15) is 0 Å². The lowest BCUT2D eigenvalue weighted by molar-refractivity contribution is -0.137. The maximum absolute atomic E-state index is 10.4. The van der Waals surface area contributed by atoms with Crippen LogP contribution in [0.25, 0.3) is 0 Å². The molecule has 0 spiro atoms. The summed E-state index contributed by atoms with van der Waals surface area (Å²) in [5.41, 5.74) is 0. The van der Waals surface area contributed by atoms with Gasteiger partial charge in [0.15, 0.2) is 0 Å². The fourth-order valence-corrected chi connectivity index (χ4v) is 3.02. The molecule has 1 heterocycles. The molecule has 1 N–H and O–H groups in total. The Labute approximate surface area is 142 Å². The van der Waals surface area contributed by atoms with Gasteiger partial charge in [0.1, 0.15) is 0 Å². The SMILES string of the molecule is CCCCCC=CCCCCC1OC1CCCCCCC(=O)O. The van der Waals surface area contributed by atoms with E-state index >= 15 is 0 Å². The summed E-state index contributed by atoms with van der Waals surface area (Å²) in [7, 11) is 0. The highest BCUT2D eigenvalue weighted by Gasteiger charge is 2.36. The molecule has 0 bridgehead atoms. The fourth-order valence-electron chi connectivity index (χ4n) is 3.02. The summed E-state index contributed by atoms with van der Waals surface area (Å²) >= 11 is 0. The second-order valence-corrected chi connectivity index (χ2v) is 6.81. The van der Waals surface area contributed by atoms with E-state index in [0.29, 0.717) is 18.6 Å². The number of carboxylic acids is 1. The molecule has 2 atom stereocenters. The third-order valence-corrected chi connectivity index (χ3v) is 4.57. The van der Waals surface area contributed by atoms with Crippen LogP contribution in [0, 0.1) is 0 Å². The van der Waals surface area contributed by atoms with Gasteiger partial charge in [-0.1, -0.05) is 57.6 Å². The fraction of sp³-hybridized carbons (Fsp3) is 0.850. The molecule has 1 aliphatic rings. The standard InChI is InChI=1S/C20H36O3/c1-2-3-4-5-6-7-8-9-12-15-18-19(23-18)16-13-10-11-14-17-20(21)22/h6-7,18-19H,2-5,8-17H2,1H3,(H,21,22). The van der Waals surface area contributed by atoms with E-state index in [1.807, 2.05) is 0 Å². The van der Waals surface area contributed by atoms with Crippen LogP contribution in [0.3, 0.4) is 0 Å². The van der Waals surface area contributed by atoms with E-state index in [2.05, 4.69) is 19.1 Å². The molecule has 0 aromatic rings. The summed E-state index contributed by atoms with van der Waals surface area (Å²) in [5.74, 6) is -0.675. The third-order valence-electron chi connectivity index (χ3n) is 4.57. The normalized spacial score (nSPS) is 20.2. The highest BCUT2D eigenvalue weighted by molar-refractivity contribution is 5.66. The van der Waals surface area contributed by atoms with Gasteiger partial charge in [-0.15, -0.1) is 0 Å². The van der Waals surface area contributed by atoms with Gasteiger partial charge in [0.2, 0.25) is 0 Å². The van der Waals surface area contributed by atoms with E-state index in [4.69, 9.17) is 9.84 Å². The van der Waals surface area contributed by atoms with E-state index in [1.54, 1.807) is 0 Å². The number of ether oxygens (including phenoxy) is 1. The summed E-state index contributed by atoms with van der Waals surface area (Å²) in [6.07, 6.45) is 21.6. The first-order chi connectivity index (χ1) is 11.2. The molecule has 1 saturated heterocycles. The van der Waals surface area contributed by atoms with Crippen molar-refractivity contribution < 1.29 is 14.6 Å². The first-order valence-electron chi connectivity index (χ1n) is 9.76. The zero-order chi connectivity index (χ0) is 16.8. The zero-order valence-electron chi connectivity index (χ0n) is 15.0. The van der Waals surface area contributed by atoms with Crippen molar-refractivity contribution in [2.75, 3.05) is 0 Å². The van der Waals surface area contributed by atoms with Crippen molar-refractivity contribution in [3.8, 4) is 0 Å². The van der Waals surface area contributed by atoms with Crippen molar-refractivity contribution >= 4 is 5.97 Å². The van der Waals surface area contributed by atoms with Gasteiger partial charge >= 0.3 is 5.97 Å². The third kappa shape index (κ3) is 12.3. The van der Waals surface area contributed by atoms with Gasteiger partial charge < -0.3 is 9.84 Å². The average Bonchev–Trinajstić information content (AvgIpc) is 3.27. The Morgan fingerprint density at radius 2 is 1.43 bits per heavy atom. The highest BCUT2D eigenvalue weighted by Crippen LogP contribution is 2.31. The van der Waals surface area contributed by atoms with Crippen molar-refractivity contribution in [3.63, 3.8) is 0 Å². The van der Waals surface area contributed by atoms with Crippen LogP contribution >= 0.6 is 0 Å². The van der Waals surface area contributed by atoms with E-state index in [0.717, 1.165) is 25.7 Å². The summed E-state index contributed by atoms with van der Waals surface area (Å²) in [6.45, 7) is 2.25. The Kier molecular flexibility index (Phi) is 11.9. The molecule has 134 valence electrons. The van der Waals surface area contributed by atoms with Crippen molar-refractivity contribution in [3.05, 3.63) is 12.2 Å². The average molecular weight is 325 g/mol. The highest BCUT2D eigenvalue weighted by atomic mass is 16.6. The number of carbonyl (C=O) groups is 1.